The Morgan fingerprint density at radius 1 is 1.08 bits per heavy atom. The van der Waals surface area contributed by atoms with Crippen LogP contribution in [0.4, 0.5) is 0 Å². The summed E-state index contributed by atoms with van der Waals surface area (Å²) in [5.74, 6) is -0.288. The van der Waals surface area contributed by atoms with E-state index in [0.717, 1.165) is 37.7 Å². The Labute approximate surface area is 148 Å². The fraction of sp³-hybridized carbons (Fsp3) is 0.476. The molecule has 4 heteroatoms. The van der Waals surface area contributed by atoms with Gasteiger partial charge in [0.2, 0.25) is 0 Å². The van der Waals surface area contributed by atoms with Gasteiger partial charge < -0.3 is 15.3 Å². The highest BCUT2D eigenvalue weighted by Gasteiger charge is 2.35. The van der Waals surface area contributed by atoms with Crippen LogP contribution >= 0.6 is 0 Å². The van der Waals surface area contributed by atoms with Crippen molar-refractivity contribution >= 4 is 16.6 Å². The van der Waals surface area contributed by atoms with Crippen molar-refractivity contribution < 1.29 is 20.1 Å². The number of fused-ring (bicyclic) bond motifs is 2. The molecule has 134 valence electrons. The normalized spacial score (nSPS) is 20.0. The molecule has 2 aromatic rings. The summed E-state index contributed by atoms with van der Waals surface area (Å²) in [6, 6.07) is 4.50. The fourth-order valence-electron chi connectivity index (χ4n) is 4.12. The van der Waals surface area contributed by atoms with E-state index in [0.29, 0.717) is 10.9 Å². The first-order valence-corrected chi connectivity index (χ1v) is 9.18. The summed E-state index contributed by atoms with van der Waals surface area (Å²) in [4.78, 5) is 13.0. The largest absolute Gasteiger partial charge is 0.508 e. The predicted molar refractivity (Wildman–Crippen MR) is 98.4 cm³/mol. The molecule has 0 fully saturated rings. The van der Waals surface area contributed by atoms with Gasteiger partial charge in [-0.3, -0.25) is 4.79 Å². The quantitative estimate of drug-likeness (QED) is 0.674. The van der Waals surface area contributed by atoms with Crippen molar-refractivity contribution in [2.24, 2.45) is 11.8 Å². The van der Waals surface area contributed by atoms with Gasteiger partial charge in [0.15, 0.2) is 5.78 Å². The third-order valence-corrected chi connectivity index (χ3v) is 5.44. The smallest absolute Gasteiger partial charge is 0.170 e. The van der Waals surface area contributed by atoms with E-state index < -0.39 is 0 Å². The number of Topliss-reactive ketones (excluding diaryl/α,β-unsaturated/α-hetero) is 1. The Kier molecular flexibility index (Phi) is 4.89. The number of phenols is 3. The van der Waals surface area contributed by atoms with Crippen LogP contribution in [-0.4, -0.2) is 21.1 Å². The van der Waals surface area contributed by atoms with E-state index in [1.165, 1.54) is 18.6 Å². The molecule has 3 rings (SSSR count). The van der Waals surface area contributed by atoms with Gasteiger partial charge in [-0.15, -0.1) is 0 Å². The molecule has 2 atom stereocenters. The van der Waals surface area contributed by atoms with Gasteiger partial charge in [0, 0.05) is 12.0 Å². The predicted octanol–water partition coefficient (Wildman–Crippen LogP) is 4.92. The summed E-state index contributed by atoms with van der Waals surface area (Å²) < 4.78 is 0. The second kappa shape index (κ2) is 6.95. The zero-order valence-electron chi connectivity index (χ0n) is 14.9. The zero-order chi connectivity index (χ0) is 18.1. The summed E-state index contributed by atoms with van der Waals surface area (Å²) in [7, 11) is 0. The van der Waals surface area contributed by atoms with Gasteiger partial charge in [-0.25, -0.2) is 0 Å². The van der Waals surface area contributed by atoms with Crippen LogP contribution in [0, 0.1) is 11.8 Å². The molecule has 0 radical (unpaired) electrons. The minimum absolute atomic E-state index is 0.0166. The number of ketones is 1. The molecule has 3 N–H and O–H groups in total. The van der Waals surface area contributed by atoms with Crippen LogP contribution in [0.2, 0.25) is 0 Å². The van der Waals surface area contributed by atoms with Gasteiger partial charge in [0.25, 0.3) is 0 Å². The molecule has 0 saturated heterocycles. The molecule has 0 aromatic heterocycles. The number of rotatable bonds is 5. The van der Waals surface area contributed by atoms with Crippen LogP contribution in [-0.2, 0) is 6.42 Å². The summed E-state index contributed by atoms with van der Waals surface area (Å²) in [5.41, 5.74) is 1.16. The van der Waals surface area contributed by atoms with Gasteiger partial charge in [-0.2, -0.15) is 0 Å². The molecule has 0 aliphatic heterocycles. The van der Waals surface area contributed by atoms with E-state index >= 15 is 0 Å². The van der Waals surface area contributed by atoms with E-state index in [1.54, 1.807) is 0 Å². The van der Waals surface area contributed by atoms with E-state index in [2.05, 4.69) is 13.8 Å². The van der Waals surface area contributed by atoms with Gasteiger partial charge in [-0.05, 0) is 41.8 Å². The number of aromatic hydroxyl groups is 3. The average Bonchev–Trinajstić information content (AvgIpc) is 2.52. The summed E-state index contributed by atoms with van der Waals surface area (Å²) in [6.07, 6.45) is 6.06. The van der Waals surface area contributed by atoms with Crippen LogP contribution < -0.4 is 0 Å². The molecule has 1 unspecified atom stereocenters. The lowest BCUT2D eigenvalue weighted by molar-refractivity contribution is 0.0845. The number of carbonyl (C=O) groups is 1. The molecular weight excluding hydrogens is 316 g/mol. The first-order chi connectivity index (χ1) is 11.9. The molecule has 0 bridgehead atoms. The van der Waals surface area contributed by atoms with Crippen LogP contribution in [0.3, 0.4) is 0 Å². The van der Waals surface area contributed by atoms with E-state index in [9.17, 15) is 20.1 Å². The minimum atomic E-state index is -0.207. The van der Waals surface area contributed by atoms with Crippen LogP contribution in [0.5, 0.6) is 17.2 Å². The Morgan fingerprint density at radius 2 is 1.84 bits per heavy atom. The van der Waals surface area contributed by atoms with Gasteiger partial charge in [-0.1, -0.05) is 39.5 Å². The van der Waals surface area contributed by atoms with Gasteiger partial charge in [0.1, 0.15) is 17.2 Å². The Hall–Kier alpha value is -2.23. The molecule has 25 heavy (non-hydrogen) atoms. The average molecular weight is 342 g/mol. The number of benzene rings is 2. The molecule has 0 heterocycles. The van der Waals surface area contributed by atoms with E-state index in [-0.39, 0.29) is 40.3 Å². The fourth-order valence-corrected chi connectivity index (χ4v) is 4.12. The first-order valence-electron chi connectivity index (χ1n) is 9.18. The lowest BCUT2D eigenvalue weighted by atomic mass is 9.72. The number of phenolic OH excluding ortho intramolecular Hbond substituents is 3. The van der Waals surface area contributed by atoms with Crippen LogP contribution in [0.15, 0.2) is 18.2 Å². The second-order valence-corrected chi connectivity index (χ2v) is 7.32. The van der Waals surface area contributed by atoms with Crippen LogP contribution in [0.25, 0.3) is 10.8 Å². The minimum Gasteiger partial charge on any atom is -0.508 e. The molecule has 0 spiro atoms. The monoisotopic (exact) mass is 342 g/mol. The zero-order valence-corrected chi connectivity index (χ0v) is 14.9. The lowest BCUT2D eigenvalue weighted by Crippen LogP contribution is -2.30. The molecule has 2 aromatic carbocycles. The molecule has 1 aliphatic rings. The SMILES string of the molecule is CCCCCCC1C(=O)c2c(cc3cc(O)cc(O)c3c2O)C[C@H]1C. The van der Waals surface area contributed by atoms with Crippen molar-refractivity contribution in [3.8, 4) is 17.2 Å². The number of hydrogen-bond donors (Lipinski definition) is 3. The molecule has 0 saturated carbocycles. The number of hydrogen-bond acceptors (Lipinski definition) is 4. The highest BCUT2D eigenvalue weighted by Crippen LogP contribution is 2.44. The second-order valence-electron chi connectivity index (χ2n) is 7.32. The Morgan fingerprint density at radius 3 is 2.56 bits per heavy atom. The Balaban J connectivity index is 2.00. The van der Waals surface area contributed by atoms with Crippen molar-refractivity contribution in [3.63, 3.8) is 0 Å². The van der Waals surface area contributed by atoms with Crippen molar-refractivity contribution in [2.75, 3.05) is 0 Å². The summed E-state index contributed by atoms with van der Waals surface area (Å²) >= 11 is 0. The molecule has 0 amide bonds. The summed E-state index contributed by atoms with van der Waals surface area (Å²) in [5, 5.41) is 31.3. The van der Waals surface area contributed by atoms with Gasteiger partial charge >= 0.3 is 0 Å². The van der Waals surface area contributed by atoms with Crippen LogP contribution in [0.1, 0.15) is 61.9 Å². The molecule has 4 nitrogen and oxygen atoms in total. The third kappa shape index (κ3) is 3.17. The number of carbonyl (C=O) groups excluding carboxylic acids is 1. The highest BCUT2D eigenvalue weighted by atomic mass is 16.3. The Bertz CT molecular complexity index is 809. The van der Waals surface area contributed by atoms with Crippen molar-refractivity contribution in [2.45, 2.75) is 52.4 Å². The van der Waals surface area contributed by atoms with Crippen molar-refractivity contribution in [3.05, 3.63) is 29.3 Å². The standard InChI is InChI=1S/C21H26O4/c1-3-4-5-6-7-16-12(2)8-13-9-14-10-15(22)11-17(23)18(14)21(25)19(13)20(16)24/h9-12,16,22-23,25H,3-8H2,1-2H3/t12-,16?/m1/s1. The van der Waals surface area contributed by atoms with Crippen molar-refractivity contribution in [1.82, 2.24) is 0 Å². The topological polar surface area (TPSA) is 77.8 Å². The van der Waals surface area contributed by atoms with Gasteiger partial charge in [0.05, 0.1) is 10.9 Å². The molecule has 1 aliphatic carbocycles. The molecular formula is C21H26O4. The lowest BCUT2D eigenvalue weighted by Gasteiger charge is -2.30. The maximum Gasteiger partial charge on any atom is 0.170 e. The maximum atomic E-state index is 13.0. The van der Waals surface area contributed by atoms with E-state index in [1.807, 2.05) is 6.07 Å². The van der Waals surface area contributed by atoms with Crippen molar-refractivity contribution in [1.29, 1.82) is 0 Å². The third-order valence-electron chi connectivity index (χ3n) is 5.44. The van der Waals surface area contributed by atoms with E-state index in [4.69, 9.17) is 0 Å². The number of unbranched alkanes of at least 4 members (excludes halogenated alkanes) is 3. The first kappa shape index (κ1) is 17.6. The maximum absolute atomic E-state index is 13.0. The summed E-state index contributed by atoms with van der Waals surface area (Å²) in [6.45, 7) is 4.25. The highest BCUT2D eigenvalue weighted by molar-refractivity contribution is 6.09.